The van der Waals surface area contributed by atoms with Crippen molar-refractivity contribution in [2.24, 2.45) is 17.8 Å². The van der Waals surface area contributed by atoms with E-state index in [4.69, 9.17) is 14.2 Å². The highest BCUT2D eigenvalue weighted by Crippen LogP contribution is 2.39. The Balaban J connectivity index is 0.000000188. The Bertz CT molecular complexity index is 3980. The van der Waals surface area contributed by atoms with Crippen molar-refractivity contribution in [3.63, 3.8) is 0 Å². The van der Waals surface area contributed by atoms with Gasteiger partial charge in [-0.05, 0) is 266 Å². The number of rotatable bonds is 25. The fourth-order valence-electron chi connectivity index (χ4n) is 10.9. The molecule has 0 radical (unpaired) electrons. The molecule has 0 aliphatic rings. The van der Waals surface area contributed by atoms with Crippen molar-refractivity contribution >= 4 is 69.1 Å². The maximum absolute atomic E-state index is 12.0. The predicted molar refractivity (Wildman–Crippen MR) is 409 cm³/mol. The van der Waals surface area contributed by atoms with Gasteiger partial charge in [0.25, 0.3) is 0 Å². The second-order valence-electron chi connectivity index (χ2n) is 26.2. The zero-order chi connectivity index (χ0) is 70.3. The van der Waals surface area contributed by atoms with Gasteiger partial charge in [0.05, 0.1) is 31.0 Å². The first kappa shape index (κ1) is 73.8. The molecule has 0 saturated heterocycles. The van der Waals surface area contributed by atoms with Crippen LogP contribution in [-0.2, 0) is 36.7 Å². The molecule has 9 heteroatoms. The Morgan fingerprint density at radius 3 is 0.857 bits per heavy atom. The molecule has 0 bridgehead atoms. The van der Waals surface area contributed by atoms with E-state index in [1.165, 1.54) is 55.6 Å². The molecule has 10 aromatic carbocycles. The second-order valence-corrected chi connectivity index (χ2v) is 26.2. The van der Waals surface area contributed by atoms with Crippen molar-refractivity contribution in [1.29, 1.82) is 0 Å². The summed E-state index contributed by atoms with van der Waals surface area (Å²) in [6.07, 6.45) is 5.85. The van der Waals surface area contributed by atoms with E-state index in [-0.39, 0.29) is 35.7 Å². The third-order valence-electron chi connectivity index (χ3n) is 18.3. The van der Waals surface area contributed by atoms with Gasteiger partial charge in [0.1, 0.15) is 5.75 Å². The summed E-state index contributed by atoms with van der Waals surface area (Å²) in [5.41, 5.74) is 25.0. The maximum Gasteiger partial charge on any atom is 0.314 e. The fourth-order valence-corrected chi connectivity index (χ4v) is 10.9. The Morgan fingerprint density at radius 2 is 0.561 bits per heavy atom. The fraction of sp³-hybridized carbons (Fsp3) is 0.292. The molecule has 0 amide bonds. The molecule has 9 nitrogen and oxygen atoms in total. The standard InChI is InChI=1S/C31H31NO2.C30H37NO2.C28H33NO2/c1-5-24(4)31(33)34-30-20-12-26(13-21-30)25-10-18-29(19-11-25)32(27-14-6-22(2)7-15-27)28-16-8-23(3)9-17-28;1-7-21(2)30(32)33-18-8-9-26-12-16-27(17-13-26)31(28-14-10-22(3)24(5)19-28)29-15-11-23(4)25(6)20-29;1-5-23(4)28(30)31-20-6-7-24-12-18-27(19-13-24)29(25-14-8-21(2)9-15-25)26-16-10-22(3)11-17-26/h6-21,24H,5H2,1-4H3;10-17,19-21H,7-9,18H2,1-6H3;8-19,23H,5-7,20H2,1-4H3. The van der Waals surface area contributed by atoms with Crippen LogP contribution in [0.25, 0.3) is 11.1 Å². The van der Waals surface area contributed by atoms with Crippen LogP contribution in [-0.4, -0.2) is 31.1 Å². The zero-order valence-electron chi connectivity index (χ0n) is 60.3. The van der Waals surface area contributed by atoms with Crippen molar-refractivity contribution in [2.75, 3.05) is 27.9 Å². The second kappa shape index (κ2) is 36.4. The van der Waals surface area contributed by atoms with E-state index in [0.717, 1.165) is 107 Å². The molecule has 0 aliphatic carbocycles. The number of carbonyl (C=O) groups is 3. The van der Waals surface area contributed by atoms with E-state index in [0.29, 0.717) is 19.0 Å². The van der Waals surface area contributed by atoms with Crippen molar-refractivity contribution in [2.45, 2.75) is 142 Å². The zero-order valence-corrected chi connectivity index (χ0v) is 60.3. The van der Waals surface area contributed by atoms with Crippen molar-refractivity contribution in [1.82, 2.24) is 0 Å². The largest absolute Gasteiger partial charge is 0.465 e. The summed E-state index contributed by atoms with van der Waals surface area (Å²) in [5, 5.41) is 0. The molecule has 0 N–H and O–H groups in total. The Morgan fingerprint density at radius 1 is 0.306 bits per heavy atom. The monoisotopic (exact) mass is 1310 g/mol. The molecule has 10 rings (SSSR count). The van der Waals surface area contributed by atoms with Gasteiger partial charge in [0, 0.05) is 51.2 Å². The molecule has 0 saturated carbocycles. The van der Waals surface area contributed by atoms with Gasteiger partial charge < -0.3 is 28.9 Å². The normalized spacial score (nSPS) is 11.7. The lowest BCUT2D eigenvalue weighted by Crippen LogP contribution is -2.16. The number of carbonyl (C=O) groups excluding carboxylic acids is 3. The van der Waals surface area contributed by atoms with E-state index >= 15 is 0 Å². The highest BCUT2D eigenvalue weighted by atomic mass is 16.5. The minimum atomic E-state index is -0.188. The van der Waals surface area contributed by atoms with Crippen molar-refractivity contribution < 1.29 is 28.6 Å². The number of esters is 3. The summed E-state index contributed by atoms with van der Waals surface area (Å²) in [7, 11) is 0. The first-order valence-electron chi connectivity index (χ1n) is 35.0. The first-order valence-corrected chi connectivity index (χ1v) is 35.0. The van der Waals surface area contributed by atoms with Gasteiger partial charge in [0.15, 0.2) is 0 Å². The SMILES string of the molecule is CCC(C)C(=O)OCCCc1ccc(N(c2ccc(C)c(C)c2)c2ccc(C)c(C)c2)cc1.CCC(C)C(=O)OCCCc1ccc(N(c2ccc(C)cc2)c2ccc(C)cc2)cc1.CCC(C)C(=O)Oc1ccc(-c2ccc(N(c3ccc(C)cc3)c3ccc(C)cc3)cc2)cc1. The lowest BCUT2D eigenvalue weighted by Gasteiger charge is -2.27. The van der Waals surface area contributed by atoms with Gasteiger partial charge in [0.2, 0.25) is 0 Å². The summed E-state index contributed by atoms with van der Waals surface area (Å²) >= 11 is 0. The van der Waals surface area contributed by atoms with Gasteiger partial charge in [-0.15, -0.1) is 0 Å². The van der Waals surface area contributed by atoms with Crippen molar-refractivity contribution in [3.8, 4) is 16.9 Å². The Hall–Kier alpha value is -9.99. The number of aryl methyl sites for hydroxylation is 10. The molecule has 98 heavy (non-hydrogen) atoms. The minimum absolute atomic E-state index is 0.0196. The van der Waals surface area contributed by atoms with E-state index in [1.54, 1.807) is 0 Å². The van der Waals surface area contributed by atoms with Gasteiger partial charge in [-0.3, -0.25) is 14.4 Å². The Labute approximate surface area is 585 Å². The van der Waals surface area contributed by atoms with Gasteiger partial charge >= 0.3 is 17.9 Å². The molecular formula is C89H101N3O6. The highest BCUT2D eigenvalue weighted by molar-refractivity contribution is 5.81. The topological polar surface area (TPSA) is 88.6 Å². The van der Waals surface area contributed by atoms with Gasteiger partial charge in [-0.1, -0.05) is 173 Å². The molecule has 3 unspecified atom stereocenters. The minimum Gasteiger partial charge on any atom is -0.465 e. The van der Waals surface area contributed by atoms with Crippen LogP contribution in [0.1, 0.15) is 129 Å². The first-order chi connectivity index (χ1) is 47.2. The molecule has 0 aromatic heterocycles. The van der Waals surface area contributed by atoms with Crippen LogP contribution in [0, 0.1) is 73.1 Å². The molecule has 0 spiro atoms. The molecule has 508 valence electrons. The number of anilines is 9. The van der Waals surface area contributed by atoms with Crippen LogP contribution < -0.4 is 19.4 Å². The van der Waals surface area contributed by atoms with Gasteiger partial charge in [-0.2, -0.15) is 0 Å². The number of benzene rings is 10. The van der Waals surface area contributed by atoms with E-state index in [2.05, 4.69) is 276 Å². The quantitative estimate of drug-likeness (QED) is 0.0315. The predicted octanol–water partition coefficient (Wildman–Crippen LogP) is 23.6. The summed E-state index contributed by atoms with van der Waals surface area (Å²) in [4.78, 5) is 42.5. The lowest BCUT2D eigenvalue weighted by atomic mass is 10.0. The van der Waals surface area contributed by atoms with Crippen LogP contribution in [0.4, 0.5) is 51.2 Å². The molecular weight excluding hydrogens is 1210 g/mol. The third-order valence-corrected chi connectivity index (χ3v) is 18.3. The number of nitrogens with zero attached hydrogens (tertiary/aromatic N) is 3. The van der Waals surface area contributed by atoms with Crippen LogP contribution in [0.15, 0.2) is 231 Å². The molecule has 0 heterocycles. The average molecular weight is 1310 g/mol. The number of hydrogen-bond acceptors (Lipinski definition) is 9. The lowest BCUT2D eigenvalue weighted by molar-refractivity contribution is -0.149. The summed E-state index contributed by atoms with van der Waals surface area (Å²) in [5.74, 6) is 0.0644. The summed E-state index contributed by atoms with van der Waals surface area (Å²) < 4.78 is 16.2. The van der Waals surface area contributed by atoms with E-state index < -0.39 is 0 Å². The number of ether oxygens (including phenoxy) is 3. The maximum atomic E-state index is 12.0. The van der Waals surface area contributed by atoms with E-state index in [1.807, 2.05) is 65.8 Å². The van der Waals surface area contributed by atoms with Crippen LogP contribution in [0.3, 0.4) is 0 Å². The molecule has 0 fully saturated rings. The number of hydrogen-bond donors (Lipinski definition) is 0. The summed E-state index contributed by atoms with van der Waals surface area (Å²) in [6, 6.07) is 81.3. The smallest absolute Gasteiger partial charge is 0.314 e. The third kappa shape index (κ3) is 21.0. The Kier molecular flexibility index (Phi) is 27.4. The van der Waals surface area contributed by atoms with Gasteiger partial charge in [-0.25, -0.2) is 0 Å². The van der Waals surface area contributed by atoms with Crippen LogP contribution >= 0.6 is 0 Å². The highest BCUT2D eigenvalue weighted by Gasteiger charge is 2.19. The summed E-state index contributed by atoms with van der Waals surface area (Å²) in [6.45, 7) is 29.7. The van der Waals surface area contributed by atoms with Crippen LogP contribution in [0.5, 0.6) is 5.75 Å². The van der Waals surface area contributed by atoms with Crippen LogP contribution in [0.2, 0.25) is 0 Å². The average Bonchev–Trinajstić information content (AvgIpc) is 0.811. The van der Waals surface area contributed by atoms with E-state index in [9.17, 15) is 14.4 Å². The molecule has 3 atom stereocenters. The van der Waals surface area contributed by atoms with Crippen molar-refractivity contribution in [3.05, 3.63) is 286 Å². The molecule has 10 aromatic rings. The molecule has 0 aliphatic heterocycles.